The molecular weight excluding hydrogens is 388 g/mol. The van der Waals surface area contributed by atoms with Crippen LogP contribution in [0.1, 0.15) is 33.6 Å². The normalized spacial score (nSPS) is 37.3. The maximum atomic E-state index is 13.8. The molecule has 0 saturated carbocycles. The SMILES string of the molecule is CCCC(C)N1CC=C[C@]23O[C@@H]4C=CCOC(=O)[C@@H]4[C@H]2C(=O)N([C@H](C)CO)C3C1=O. The molecule has 2 saturated heterocycles. The number of hydrogen-bond donors (Lipinski definition) is 1. The van der Waals surface area contributed by atoms with Gasteiger partial charge in [-0.3, -0.25) is 14.4 Å². The standard InChI is InChI=1S/C22H30N2O6/c1-4-7-13(2)23-10-6-9-22-17(16-15(30-22)8-5-11-29-21(16)28)19(26)24(14(3)12-25)18(22)20(23)27/h5-6,8-9,13-18,25H,4,7,10-12H2,1-3H3/t13?,14-,15-,16+,17+,18?,22+/m1/s1. The first kappa shape index (κ1) is 21.1. The molecule has 4 rings (SSSR count). The second-order valence-corrected chi connectivity index (χ2v) is 8.71. The Morgan fingerprint density at radius 3 is 2.67 bits per heavy atom. The average Bonchev–Trinajstić information content (AvgIpc) is 3.02. The van der Waals surface area contributed by atoms with Crippen molar-refractivity contribution in [2.24, 2.45) is 11.8 Å². The van der Waals surface area contributed by atoms with Gasteiger partial charge in [0.15, 0.2) is 0 Å². The van der Waals surface area contributed by atoms with E-state index in [1.165, 1.54) is 4.90 Å². The molecule has 2 unspecified atom stereocenters. The van der Waals surface area contributed by atoms with Crippen molar-refractivity contribution < 1.29 is 29.0 Å². The van der Waals surface area contributed by atoms with Gasteiger partial charge in [0.25, 0.3) is 0 Å². The number of hydrogen-bond acceptors (Lipinski definition) is 6. The number of ether oxygens (including phenoxy) is 2. The summed E-state index contributed by atoms with van der Waals surface area (Å²) in [5.41, 5.74) is -1.26. The molecule has 4 aliphatic heterocycles. The zero-order valence-corrected chi connectivity index (χ0v) is 17.7. The number of nitrogens with zero attached hydrogens (tertiary/aromatic N) is 2. The average molecular weight is 418 g/mol. The third kappa shape index (κ3) is 2.92. The Labute approximate surface area is 176 Å². The molecule has 0 aromatic rings. The molecule has 8 heteroatoms. The Bertz CT molecular complexity index is 794. The molecule has 1 N–H and O–H groups in total. The Morgan fingerprint density at radius 2 is 1.97 bits per heavy atom. The molecule has 0 aromatic carbocycles. The van der Waals surface area contributed by atoms with Crippen LogP contribution in [0.2, 0.25) is 0 Å². The molecule has 4 heterocycles. The van der Waals surface area contributed by atoms with E-state index in [4.69, 9.17) is 9.47 Å². The number of likely N-dealkylation sites (tertiary alicyclic amines) is 1. The molecular formula is C22H30N2O6. The predicted octanol–water partition coefficient (Wildman–Crippen LogP) is 0.648. The molecule has 0 aliphatic carbocycles. The zero-order chi connectivity index (χ0) is 21.6. The summed E-state index contributed by atoms with van der Waals surface area (Å²) in [4.78, 5) is 43.4. The highest BCUT2D eigenvalue weighted by Crippen LogP contribution is 2.53. The van der Waals surface area contributed by atoms with Crippen LogP contribution in [0.4, 0.5) is 0 Å². The lowest BCUT2D eigenvalue weighted by Crippen LogP contribution is -2.58. The van der Waals surface area contributed by atoms with Crippen LogP contribution in [0.3, 0.4) is 0 Å². The fourth-order valence-corrected chi connectivity index (χ4v) is 5.46. The van der Waals surface area contributed by atoms with Gasteiger partial charge in [0.1, 0.15) is 24.2 Å². The van der Waals surface area contributed by atoms with Crippen LogP contribution in [-0.2, 0) is 23.9 Å². The Morgan fingerprint density at radius 1 is 1.20 bits per heavy atom. The minimum absolute atomic E-state index is 0.000485. The van der Waals surface area contributed by atoms with Gasteiger partial charge < -0.3 is 24.4 Å². The van der Waals surface area contributed by atoms with E-state index < -0.39 is 41.6 Å². The summed E-state index contributed by atoms with van der Waals surface area (Å²) in [6.45, 7) is 6.04. The van der Waals surface area contributed by atoms with Crippen molar-refractivity contribution in [1.82, 2.24) is 9.80 Å². The van der Waals surface area contributed by atoms with Gasteiger partial charge in [0.05, 0.1) is 24.7 Å². The maximum absolute atomic E-state index is 13.8. The van der Waals surface area contributed by atoms with Crippen LogP contribution in [0, 0.1) is 11.8 Å². The molecule has 2 fully saturated rings. The lowest BCUT2D eigenvalue weighted by Gasteiger charge is -2.39. The summed E-state index contributed by atoms with van der Waals surface area (Å²) in [6.07, 6.45) is 8.29. The minimum Gasteiger partial charge on any atom is -0.461 e. The van der Waals surface area contributed by atoms with Crippen molar-refractivity contribution in [3.63, 3.8) is 0 Å². The summed E-state index contributed by atoms with van der Waals surface area (Å²) in [7, 11) is 0. The van der Waals surface area contributed by atoms with Gasteiger partial charge in [-0.2, -0.15) is 0 Å². The van der Waals surface area contributed by atoms with Crippen molar-refractivity contribution in [2.75, 3.05) is 19.8 Å². The van der Waals surface area contributed by atoms with E-state index >= 15 is 0 Å². The van der Waals surface area contributed by atoms with Crippen molar-refractivity contribution in [3.05, 3.63) is 24.3 Å². The maximum Gasteiger partial charge on any atom is 0.313 e. The molecule has 164 valence electrons. The topological polar surface area (TPSA) is 96.4 Å². The first-order valence-electron chi connectivity index (χ1n) is 10.8. The number of rotatable bonds is 5. The molecule has 7 atom stereocenters. The summed E-state index contributed by atoms with van der Waals surface area (Å²) < 4.78 is 11.7. The molecule has 1 spiro atoms. The lowest BCUT2D eigenvalue weighted by molar-refractivity contribution is -0.155. The van der Waals surface area contributed by atoms with Crippen LogP contribution >= 0.6 is 0 Å². The van der Waals surface area contributed by atoms with Gasteiger partial charge in [-0.05, 0) is 26.3 Å². The quantitative estimate of drug-likeness (QED) is 0.520. The largest absolute Gasteiger partial charge is 0.461 e. The molecule has 0 aromatic heterocycles. The summed E-state index contributed by atoms with van der Waals surface area (Å²) in [5, 5.41) is 9.83. The highest BCUT2D eigenvalue weighted by Gasteiger charge is 2.72. The smallest absolute Gasteiger partial charge is 0.313 e. The number of esters is 1. The van der Waals surface area contributed by atoms with Crippen molar-refractivity contribution in [2.45, 2.75) is 63.4 Å². The molecule has 30 heavy (non-hydrogen) atoms. The van der Waals surface area contributed by atoms with Crippen LogP contribution in [-0.4, -0.2) is 82.3 Å². The van der Waals surface area contributed by atoms with E-state index in [2.05, 4.69) is 6.92 Å². The van der Waals surface area contributed by atoms with Gasteiger partial charge in [0, 0.05) is 12.6 Å². The fourth-order valence-electron chi connectivity index (χ4n) is 5.46. The van der Waals surface area contributed by atoms with Gasteiger partial charge in [-0.1, -0.05) is 31.6 Å². The van der Waals surface area contributed by atoms with Crippen LogP contribution in [0.15, 0.2) is 24.3 Å². The van der Waals surface area contributed by atoms with Gasteiger partial charge >= 0.3 is 5.97 Å². The number of cyclic esters (lactones) is 1. The summed E-state index contributed by atoms with van der Waals surface area (Å²) >= 11 is 0. The van der Waals surface area contributed by atoms with Crippen molar-refractivity contribution in [1.29, 1.82) is 0 Å². The minimum atomic E-state index is -1.26. The van der Waals surface area contributed by atoms with Crippen molar-refractivity contribution in [3.8, 4) is 0 Å². The molecule has 4 aliphatic rings. The Balaban J connectivity index is 1.83. The first-order valence-corrected chi connectivity index (χ1v) is 10.8. The van der Waals surface area contributed by atoms with E-state index in [1.807, 2.05) is 13.0 Å². The summed E-state index contributed by atoms with van der Waals surface area (Å²) in [5.74, 6) is -2.71. The third-order valence-electron chi connectivity index (χ3n) is 6.86. The zero-order valence-electron chi connectivity index (χ0n) is 17.7. The van der Waals surface area contributed by atoms with Crippen LogP contribution in [0.25, 0.3) is 0 Å². The number of amides is 2. The molecule has 0 bridgehead atoms. The number of carbonyl (C=O) groups is 3. The highest BCUT2D eigenvalue weighted by atomic mass is 16.6. The van der Waals surface area contributed by atoms with E-state index in [1.54, 1.807) is 30.1 Å². The Hall–Kier alpha value is -2.19. The second kappa shape index (κ2) is 7.81. The van der Waals surface area contributed by atoms with E-state index in [-0.39, 0.29) is 31.1 Å². The van der Waals surface area contributed by atoms with E-state index in [0.717, 1.165) is 12.8 Å². The van der Waals surface area contributed by atoms with Gasteiger partial charge in [0.2, 0.25) is 11.8 Å². The highest BCUT2D eigenvalue weighted by molar-refractivity contribution is 5.99. The second-order valence-electron chi connectivity index (χ2n) is 8.71. The molecule has 2 amide bonds. The number of fused-ring (bicyclic) bond motifs is 2. The van der Waals surface area contributed by atoms with Gasteiger partial charge in [-0.15, -0.1) is 0 Å². The van der Waals surface area contributed by atoms with Crippen LogP contribution < -0.4 is 0 Å². The lowest BCUT2D eigenvalue weighted by atomic mass is 9.78. The number of aliphatic hydroxyl groups excluding tert-OH is 1. The Kier molecular flexibility index (Phi) is 5.48. The van der Waals surface area contributed by atoms with E-state index in [9.17, 15) is 19.5 Å². The first-order chi connectivity index (χ1) is 14.4. The number of carbonyl (C=O) groups excluding carboxylic acids is 3. The van der Waals surface area contributed by atoms with E-state index in [0.29, 0.717) is 6.54 Å². The third-order valence-corrected chi connectivity index (χ3v) is 6.86. The van der Waals surface area contributed by atoms with Crippen LogP contribution in [0.5, 0.6) is 0 Å². The van der Waals surface area contributed by atoms with Gasteiger partial charge in [-0.25, -0.2) is 0 Å². The monoisotopic (exact) mass is 418 g/mol. The number of aliphatic hydroxyl groups is 1. The predicted molar refractivity (Wildman–Crippen MR) is 107 cm³/mol. The van der Waals surface area contributed by atoms with Crippen molar-refractivity contribution >= 4 is 17.8 Å². The summed E-state index contributed by atoms with van der Waals surface area (Å²) in [6, 6.07) is -1.51. The molecule has 0 radical (unpaired) electrons. The molecule has 8 nitrogen and oxygen atoms in total. The fraction of sp³-hybridized carbons (Fsp3) is 0.682.